The third-order valence-corrected chi connectivity index (χ3v) is 10.9. The van der Waals surface area contributed by atoms with Crippen molar-refractivity contribution in [1.82, 2.24) is 0 Å². The first kappa shape index (κ1) is 35.5. The fraction of sp³-hybridized carbons (Fsp3) is 0.629. The quantitative estimate of drug-likeness (QED) is 0.245. The number of esters is 5. The lowest BCUT2D eigenvalue weighted by Crippen LogP contribution is -2.80. The van der Waals surface area contributed by atoms with Crippen LogP contribution in [0.15, 0.2) is 42.5 Å². The van der Waals surface area contributed by atoms with E-state index in [0.29, 0.717) is 0 Å². The zero-order chi connectivity index (χ0) is 35.7. The van der Waals surface area contributed by atoms with Crippen molar-refractivity contribution in [1.29, 1.82) is 0 Å². The molecule has 1 aromatic rings. The molecular formula is C35H44O13. The van der Waals surface area contributed by atoms with Crippen LogP contribution in [0.1, 0.15) is 72.2 Å². The standard InChI is InChI=1S/C35H44O13/c1-16(2)34(47-30(41)23-13-11-10-12-14-23)27(43-19(5)36)18(4)33(42)24-15-17(3)26(40)35(24)31(46-22(8)39)32(9,48-35)28(44-20(6)37)25(33)29(34)45-21(7)38/h10-14,17-18,24-29,31,40,42H,1,15H2,2-9H3/t17-,18+,24-,25-,26-,27-,28-,29+,31+,32?,33-,34-,35?/m0/s1. The van der Waals surface area contributed by atoms with Gasteiger partial charge < -0.3 is 38.6 Å². The molecule has 6 rings (SSSR count). The Morgan fingerprint density at radius 1 is 0.833 bits per heavy atom. The molecule has 2 aliphatic heterocycles. The molecule has 2 saturated heterocycles. The van der Waals surface area contributed by atoms with Crippen molar-refractivity contribution < 1.29 is 62.6 Å². The van der Waals surface area contributed by atoms with E-state index in [4.69, 9.17) is 28.4 Å². The maximum atomic E-state index is 13.9. The van der Waals surface area contributed by atoms with E-state index in [9.17, 15) is 34.2 Å². The number of rotatable bonds is 7. The Morgan fingerprint density at radius 2 is 1.35 bits per heavy atom. The second kappa shape index (κ2) is 12.0. The van der Waals surface area contributed by atoms with Crippen LogP contribution in [0, 0.1) is 23.7 Å². The molecule has 13 heteroatoms. The summed E-state index contributed by atoms with van der Waals surface area (Å²) in [5, 5.41) is 25.2. The van der Waals surface area contributed by atoms with Gasteiger partial charge in [-0.2, -0.15) is 0 Å². The van der Waals surface area contributed by atoms with E-state index in [1.165, 1.54) is 32.9 Å². The number of hydrogen-bond acceptors (Lipinski definition) is 13. The van der Waals surface area contributed by atoms with E-state index < -0.39 is 106 Å². The molecule has 5 fully saturated rings. The van der Waals surface area contributed by atoms with Crippen LogP contribution in [-0.2, 0) is 47.6 Å². The van der Waals surface area contributed by atoms with Crippen molar-refractivity contribution in [2.45, 2.75) is 115 Å². The van der Waals surface area contributed by atoms with Crippen molar-refractivity contribution in [3.05, 3.63) is 48.0 Å². The molecule has 3 saturated carbocycles. The van der Waals surface area contributed by atoms with Crippen molar-refractivity contribution >= 4 is 29.8 Å². The van der Waals surface area contributed by atoms with Crippen LogP contribution in [-0.4, -0.2) is 93.0 Å². The van der Waals surface area contributed by atoms with Gasteiger partial charge in [0.05, 0.1) is 23.2 Å². The highest BCUT2D eigenvalue weighted by Gasteiger charge is 2.88. The zero-order valence-electron chi connectivity index (χ0n) is 28.4. The topological polar surface area (TPSA) is 181 Å². The summed E-state index contributed by atoms with van der Waals surface area (Å²) in [5.74, 6) is -8.32. The molecule has 262 valence electrons. The first-order valence-corrected chi connectivity index (χ1v) is 16.0. The van der Waals surface area contributed by atoms with Gasteiger partial charge in [-0.25, -0.2) is 4.79 Å². The third-order valence-electron chi connectivity index (χ3n) is 10.9. The second-order valence-corrected chi connectivity index (χ2v) is 14.0. The Kier molecular flexibility index (Phi) is 8.84. The summed E-state index contributed by atoms with van der Waals surface area (Å²) in [6, 6.07) is 7.95. The predicted octanol–water partition coefficient (Wildman–Crippen LogP) is 2.44. The highest BCUT2D eigenvalue weighted by atomic mass is 16.7. The first-order chi connectivity index (χ1) is 22.3. The van der Waals surface area contributed by atoms with Crippen LogP contribution in [0.4, 0.5) is 0 Å². The normalized spacial score (nSPS) is 42.4. The first-order valence-electron chi connectivity index (χ1n) is 16.0. The number of aliphatic hydroxyl groups excluding tert-OH is 1. The van der Waals surface area contributed by atoms with Crippen LogP contribution >= 0.6 is 0 Å². The van der Waals surface area contributed by atoms with E-state index in [1.54, 1.807) is 32.0 Å². The largest absolute Gasteiger partial charge is 0.459 e. The summed E-state index contributed by atoms with van der Waals surface area (Å²) in [7, 11) is 0. The molecule has 5 aliphatic rings. The van der Waals surface area contributed by atoms with E-state index in [0.717, 1.165) is 20.8 Å². The zero-order valence-corrected chi connectivity index (χ0v) is 28.4. The molecule has 2 unspecified atom stereocenters. The van der Waals surface area contributed by atoms with Crippen molar-refractivity contribution in [2.75, 3.05) is 0 Å². The minimum Gasteiger partial charge on any atom is -0.459 e. The smallest absolute Gasteiger partial charge is 0.339 e. The van der Waals surface area contributed by atoms with E-state index in [1.807, 2.05) is 0 Å². The maximum Gasteiger partial charge on any atom is 0.339 e. The molecule has 13 atom stereocenters. The van der Waals surface area contributed by atoms with E-state index in [2.05, 4.69) is 6.58 Å². The number of benzene rings is 1. The summed E-state index contributed by atoms with van der Waals surface area (Å²) in [5.41, 5.74) is -7.54. The summed E-state index contributed by atoms with van der Waals surface area (Å²) in [6.45, 7) is 15.0. The molecule has 0 aromatic heterocycles. The second-order valence-electron chi connectivity index (χ2n) is 14.0. The van der Waals surface area contributed by atoms with Gasteiger partial charge in [0.2, 0.25) is 5.60 Å². The molecule has 2 N–H and O–H groups in total. The van der Waals surface area contributed by atoms with E-state index >= 15 is 0 Å². The number of aliphatic hydroxyl groups is 2. The molecule has 48 heavy (non-hydrogen) atoms. The van der Waals surface area contributed by atoms with Gasteiger partial charge in [-0.1, -0.05) is 38.6 Å². The van der Waals surface area contributed by atoms with E-state index in [-0.39, 0.29) is 17.6 Å². The summed E-state index contributed by atoms with van der Waals surface area (Å²) in [6.07, 6.45) is -7.21. The molecule has 3 aliphatic carbocycles. The minimum absolute atomic E-state index is 0.0912. The van der Waals surface area contributed by atoms with Gasteiger partial charge in [0, 0.05) is 39.5 Å². The number of carbonyl (C=O) groups excluding carboxylic acids is 5. The molecule has 0 radical (unpaired) electrons. The Morgan fingerprint density at radius 3 is 1.88 bits per heavy atom. The lowest BCUT2D eigenvalue weighted by Gasteiger charge is -2.62. The molecule has 2 heterocycles. The molecule has 1 spiro atoms. The van der Waals surface area contributed by atoms with Gasteiger partial charge in [0.25, 0.3) is 0 Å². The van der Waals surface area contributed by atoms with Crippen LogP contribution in [0.5, 0.6) is 0 Å². The Bertz CT molecular complexity index is 1530. The van der Waals surface area contributed by atoms with Crippen LogP contribution in [0.3, 0.4) is 0 Å². The summed E-state index contributed by atoms with van der Waals surface area (Å²) < 4.78 is 36.8. The van der Waals surface area contributed by atoms with Crippen LogP contribution < -0.4 is 0 Å². The van der Waals surface area contributed by atoms with Gasteiger partial charge >= 0.3 is 29.8 Å². The SMILES string of the molecule is C=C(C)[C@@]1(OC(=O)c2ccccc2)[C@H](OC(C)=O)[C@@H]2[C@H](OC(C)=O)C3(C)OC4([C@@H]3OC(C)=O)[C@@H](C[C@H](C)[C@@H]4O)[C@@]2(O)[C@H](C)[C@@H]1OC(C)=O. The number of carbonyl (C=O) groups is 5. The van der Waals surface area contributed by atoms with Gasteiger partial charge in [-0.05, 0) is 43.9 Å². The van der Waals surface area contributed by atoms with Gasteiger partial charge in [-0.3, -0.25) is 19.2 Å². The van der Waals surface area contributed by atoms with Crippen molar-refractivity contribution in [3.8, 4) is 0 Å². The molecule has 2 bridgehead atoms. The average molecular weight is 673 g/mol. The Labute approximate surface area is 278 Å². The number of hydrogen-bond donors (Lipinski definition) is 2. The fourth-order valence-corrected chi connectivity index (χ4v) is 9.26. The van der Waals surface area contributed by atoms with Crippen molar-refractivity contribution in [3.63, 3.8) is 0 Å². The molecule has 1 aromatic carbocycles. The lowest BCUT2D eigenvalue weighted by molar-refractivity contribution is -0.391. The fourth-order valence-electron chi connectivity index (χ4n) is 9.26. The van der Waals surface area contributed by atoms with Crippen LogP contribution in [0.25, 0.3) is 0 Å². The highest BCUT2D eigenvalue weighted by molar-refractivity contribution is 5.90. The van der Waals surface area contributed by atoms with Gasteiger partial charge in [0.15, 0.2) is 18.3 Å². The van der Waals surface area contributed by atoms with Gasteiger partial charge in [-0.15, -0.1) is 0 Å². The Hall–Kier alpha value is -3.81. The predicted molar refractivity (Wildman–Crippen MR) is 165 cm³/mol. The van der Waals surface area contributed by atoms with Gasteiger partial charge in [0.1, 0.15) is 17.3 Å². The Balaban J connectivity index is 1.87. The third kappa shape index (κ3) is 4.87. The lowest BCUT2D eigenvalue weighted by atomic mass is 9.52. The summed E-state index contributed by atoms with van der Waals surface area (Å²) >= 11 is 0. The number of ether oxygens (including phenoxy) is 6. The molecular weight excluding hydrogens is 628 g/mol. The maximum absolute atomic E-state index is 13.9. The average Bonchev–Trinajstić information content (AvgIpc) is 3.20. The highest BCUT2D eigenvalue weighted by Crippen LogP contribution is 2.70. The summed E-state index contributed by atoms with van der Waals surface area (Å²) in [4.78, 5) is 65.3. The van der Waals surface area contributed by atoms with Crippen LogP contribution in [0.2, 0.25) is 0 Å². The molecule has 0 amide bonds. The minimum atomic E-state index is -2.17. The van der Waals surface area contributed by atoms with Crippen molar-refractivity contribution in [2.24, 2.45) is 23.7 Å². The molecule has 13 nitrogen and oxygen atoms in total. The monoisotopic (exact) mass is 672 g/mol.